The lowest BCUT2D eigenvalue weighted by Gasteiger charge is -2.07. The zero-order chi connectivity index (χ0) is 11.1. The molecule has 0 spiro atoms. The summed E-state index contributed by atoms with van der Waals surface area (Å²) in [6, 6.07) is 7.49. The highest BCUT2D eigenvalue weighted by molar-refractivity contribution is 7.99. The number of amides is 1. The maximum Gasteiger partial charge on any atom is 0.252 e. The lowest BCUT2D eigenvalue weighted by Crippen LogP contribution is -2.26. The molecular weight excluding hydrogens is 210 g/mol. The first-order valence-electron chi connectivity index (χ1n) is 4.90. The molecular formula is C11H15NO2S. The molecule has 82 valence electrons. The number of benzene rings is 1. The second-order valence-corrected chi connectivity index (χ2v) is 4.21. The normalized spacial score (nSPS) is 10.0. The molecule has 1 aromatic carbocycles. The SMILES string of the molecule is CCSc1ccccc1C(=O)NCCO. The topological polar surface area (TPSA) is 49.3 Å². The number of hydrogen-bond donors (Lipinski definition) is 2. The van der Waals surface area contributed by atoms with Crippen molar-refractivity contribution in [2.24, 2.45) is 0 Å². The van der Waals surface area contributed by atoms with Gasteiger partial charge in [-0.2, -0.15) is 0 Å². The molecule has 2 N–H and O–H groups in total. The van der Waals surface area contributed by atoms with Gasteiger partial charge in [0.1, 0.15) is 0 Å². The van der Waals surface area contributed by atoms with Gasteiger partial charge in [-0.05, 0) is 17.9 Å². The Morgan fingerprint density at radius 2 is 2.20 bits per heavy atom. The second kappa shape index (κ2) is 6.48. The Kier molecular flexibility index (Phi) is 5.21. The standard InChI is InChI=1S/C11H15NO2S/c1-2-15-10-6-4-3-5-9(10)11(14)12-7-8-13/h3-6,13H,2,7-8H2,1H3,(H,12,14). The van der Waals surface area contributed by atoms with Crippen LogP contribution in [0.15, 0.2) is 29.2 Å². The zero-order valence-corrected chi connectivity index (χ0v) is 9.51. The van der Waals surface area contributed by atoms with Crippen molar-refractivity contribution in [3.8, 4) is 0 Å². The lowest BCUT2D eigenvalue weighted by molar-refractivity contribution is 0.0942. The summed E-state index contributed by atoms with van der Waals surface area (Å²) < 4.78 is 0. The molecule has 0 aliphatic heterocycles. The van der Waals surface area contributed by atoms with E-state index in [0.29, 0.717) is 12.1 Å². The summed E-state index contributed by atoms with van der Waals surface area (Å²) in [5.41, 5.74) is 0.679. The van der Waals surface area contributed by atoms with Crippen LogP contribution in [-0.4, -0.2) is 29.9 Å². The van der Waals surface area contributed by atoms with Crippen molar-refractivity contribution >= 4 is 17.7 Å². The third-order valence-electron chi connectivity index (χ3n) is 1.83. The third-order valence-corrected chi connectivity index (χ3v) is 2.78. The van der Waals surface area contributed by atoms with Gasteiger partial charge in [0.25, 0.3) is 5.91 Å². The molecule has 1 rings (SSSR count). The summed E-state index contributed by atoms with van der Waals surface area (Å²) in [5, 5.41) is 11.3. The molecule has 15 heavy (non-hydrogen) atoms. The quantitative estimate of drug-likeness (QED) is 0.747. The molecule has 1 aromatic rings. The van der Waals surface area contributed by atoms with E-state index in [9.17, 15) is 4.79 Å². The molecule has 0 aromatic heterocycles. The van der Waals surface area contributed by atoms with Crippen LogP contribution in [0.1, 0.15) is 17.3 Å². The van der Waals surface area contributed by atoms with Gasteiger partial charge >= 0.3 is 0 Å². The van der Waals surface area contributed by atoms with Crippen molar-refractivity contribution in [2.45, 2.75) is 11.8 Å². The van der Waals surface area contributed by atoms with E-state index in [0.717, 1.165) is 10.6 Å². The van der Waals surface area contributed by atoms with Gasteiger partial charge in [0.05, 0.1) is 12.2 Å². The van der Waals surface area contributed by atoms with Gasteiger partial charge in [-0.1, -0.05) is 19.1 Å². The number of nitrogens with one attached hydrogen (secondary N) is 1. The smallest absolute Gasteiger partial charge is 0.252 e. The molecule has 4 heteroatoms. The number of carbonyl (C=O) groups excluding carboxylic acids is 1. The van der Waals surface area contributed by atoms with Crippen LogP contribution >= 0.6 is 11.8 Å². The predicted octanol–water partition coefficient (Wildman–Crippen LogP) is 1.52. The summed E-state index contributed by atoms with van der Waals surface area (Å²) in [4.78, 5) is 12.6. The van der Waals surface area contributed by atoms with Gasteiger partial charge in [-0.25, -0.2) is 0 Å². The largest absolute Gasteiger partial charge is 0.395 e. The van der Waals surface area contributed by atoms with Crippen LogP contribution in [-0.2, 0) is 0 Å². The van der Waals surface area contributed by atoms with Crippen molar-refractivity contribution in [2.75, 3.05) is 18.9 Å². The van der Waals surface area contributed by atoms with E-state index in [1.165, 1.54) is 0 Å². The maximum atomic E-state index is 11.7. The Morgan fingerprint density at radius 3 is 2.87 bits per heavy atom. The van der Waals surface area contributed by atoms with Crippen LogP contribution in [0.4, 0.5) is 0 Å². The molecule has 0 unspecified atom stereocenters. The summed E-state index contributed by atoms with van der Waals surface area (Å²) in [7, 11) is 0. The average Bonchev–Trinajstić information content (AvgIpc) is 2.27. The number of thioether (sulfide) groups is 1. The lowest BCUT2D eigenvalue weighted by atomic mass is 10.2. The summed E-state index contributed by atoms with van der Waals surface area (Å²) in [6.07, 6.45) is 0. The number of aliphatic hydroxyl groups is 1. The molecule has 0 saturated heterocycles. The van der Waals surface area contributed by atoms with Crippen molar-refractivity contribution in [1.82, 2.24) is 5.32 Å². The van der Waals surface area contributed by atoms with E-state index < -0.39 is 0 Å². The van der Waals surface area contributed by atoms with Crippen molar-refractivity contribution in [3.05, 3.63) is 29.8 Å². The van der Waals surface area contributed by atoms with E-state index >= 15 is 0 Å². The van der Waals surface area contributed by atoms with E-state index in [4.69, 9.17) is 5.11 Å². The van der Waals surface area contributed by atoms with Gasteiger partial charge < -0.3 is 10.4 Å². The van der Waals surface area contributed by atoms with Crippen LogP contribution in [0.25, 0.3) is 0 Å². The van der Waals surface area contributed by atoms with Gasteiger partial charge in [-0.3, -0.25) is 4.79 Å². The Bertz CT molecular complexity index is 328. The third kappa shape index (κ3) is 3.57. The van der Waals surface area contributed by atoms with Crippen molar-refractivity contribution in [3.63, 3.8) is 0 Å². The highest BCUT2D eigenvalue weighted by Gasteiger charge is 2.09. The Labute approximate surface area is 93.9 Å². The van der Waals surface area contributed by atoms with Gasteiger partial charge in [-0.15, -0.1) is 11.8 Å². The van der Waals surface area contributed by atoms with Crippen LogP contribution in [0.3, 0.4) is 0 Å². The van der Waals surface area contributed by atoms with Gasteiger partial charge in [0.2, 0.25) is 0 Å². The Hall–Kier alpha value is -1.00. The minimum atomic E-state index is -0.124. The minimum absolute atomic E-state index is 0.0329. The number of hydrogen-bond acceptors (Lipinski definition) is 3. The fourth-order valence-electron chi connectivity index (χ4n) is 1.20. The van der Waals surface area contributed by atoms with E-state index in [1.54, 1.807) is 17.8 Å². The minimum Gasteiger partial charge on any atom is -0.395 e. The van der Waals surface area contributed by atoms with E-state index in [2.05, 4.69) is 5.32 Å². The summed E-state index contributed by atoms with van der Waals surface area (Å²) in [6.45, 7) is 2.31. The molecule has 0 heterocycles. The molecule has 0 saturated carbocycles. The van der Waals surface area contributed by atoms with E-state index in [1.807, 2.05) is 25.1 Å². The molecule has 0 fully saturated rings. The highest BCUT2D eigenvalue weighted by atomic mass is 32.2. The van der Waals surface area contributed by atoms with Gasteiger partial charge in [0.15, 0.2) is 0 Å². The van der Waals surface area contributed by atoms with Crippen molar-refractivity contribution < 1.29 is 9.90 Å². The fourth-order valence-corrected chi connectivity index (χ4v) is 2.00. The Balaban J connectivity index is 2.77. The molecule has 3 nitrogen and oxygen atoms in total. The molecule has 0 aliphatic carbocycles. The number of carbonyl (C=O) groups is 1. The van der Waals surface area contributed by atoms with Gasteiger partial charge in [0, 0.05) is 11.4 Å². The Morgan fingerprint density at radius 1 is 1.47 bits per heavy atom. The van der Waals surface area contributed by atoms with Crippen molar-refractivity contribution in [1.29, 1.82) is 0 Å². The maximum absolute atomic E-state index is 11.7. The van der Waals surface area contributed by atoms with Crippen LogP contribution in [0.2, 0.25) is 0 Å². The van der Waals surface area contributed by atoms with Crippen LogP contribution in [0, 0.1) is 0 Å². The molecule has 0 bridgehead atoms. The molecule has 0 radical (unpaired) electrons. The molecule has 0 atom stereocenters. The number of rotatable bonds is 5. The monoisotopic (exact) mass is 225 g/mol. The number of aliphatic hydroxyl groups excluding tert-OH is 1. The first-order valence-corrected chi connectivity index (χ1v) is 5.89. The fraction of sp³-hybridized carbons (Fsp3) is 0.364. The average molecular weight is 225 g/mol. The first-order chi connectivity index (χ1) is 7.29. The van der Waals surface area contributed by atoms with E-state index in [-0.39, 0.29) is 12.5 Å². The first kappa shape index (κ1) is 12.1. The zero-order valence-electron chi connectivity index (χ0n) is 8.69. The summed E-state index contributed by atoms with van der Waals surface area (Å²) in [5.74, 6) is 0.810. The molecule has 0 aliphatic rings. The summed E-state index contributed by atoms with van der Waals surface area (Å²) >= 11 is 1.64. The van der Waals surface area contributed by atoms with Crippen LogP contribution in [0.5, 0.6) is 0 Å². The molecule has 1 amide bonds. The second-order valence-electron chi connectivity index (χ2n) is 2.91. The highest BCUT2D eigenvalue weighted by Crippen LogP contribution is 2.21. The predicted molar refractivity (Wildman–Crippen MR) is 62.3 cm³/mol. The van der Waals surface area contributed by atoms with Crippen LogP contribution < -0.4 is 5.32 Å².